The highest BCUT2D eigenvalue weighted by Gasteiger charge is 2.31. The van der Waals surface area contributed by atoms with E-state index in [-0.39, 0.29) is 0 Å². The van der Waals surface area contributed by atoms with Crippen LogP contribution in [0.25, 0.3) is 0 Å². The SMILES string of the molecule is Cc1cc(C)c(C(N)=S)c(NC2CCC(C)(C)C2)n1. The molecule has 1 aliphatic carbocycles. The number of aromatic nitrogens is 1. The van der Waals surface area contributed by atoms with Crippen molar-refractivity contribution in [1.29, 1.82) is 0 Å². The Hall–Kier alpha value is -1.16. The molecule has 1 unspecified atom stereocenters. The lowest BCUT2D eigenvalue weighted by Crippen LogP contribution is -2.23. The van der Waals surface area contributed by atoms with E-state index in [0.717, 1.165) is 22.6 Å². The highest BCUT2D eigenvalue weighted by atomic mass is 32.1. The number of thiocarbonyl (C=S) groups is 1. The number of aryl methyl sites for hydroxylation is 2. The number of rotatable bonds is 3. The van der Waals surface area contributed by atoms with Gasteiger partial charge in [0.25, 0.3) is 0 Å². The first-order valence-corrected chi connectivity index (χ1v) is 7.24. The van der Waals surface area contributed by atoms with Crippen molar-refractivity contribution in [1.82, 2.24) is 4.98 Å². The minimum atomic E-state index is 0.417. The minimum absolute atomic E-state index is 0.417. The predicted molar refractivity (Wildman–Crippen MR) is 84.6 cm³/mol. The summed E-state index contributed by atoms with van der Waals surface area (Å²) in [5.41, 5.74) is 9.25. The lowest BCUT2D eigenvalue weighted by atomic mass is 9.92. The van der Waals surface area contributed by atoms with Gasteiger partial charge in [-0.25, -0.2) is 4.98 Å². The third-order valence-corrected chi connectivity index (χ3v) is 4.10. The normalized spacial score (nSPS) is 21.4. The van der Waals surface area contributed by atoms with E-state index in [2.05, 4.69) is 24.1 Å². The Kier molecular flexibility index (Phi) is 3.81. The first-order chi connectivity index (χ1) is 8.78. The van der Waals surface area contributed by atoms with Crippen molar-refractivity contribution in [2.75, 3.05) is 5.32 Å². The van der Waals surface area contributed by atoms with Crippen LogP contribution in [0.4, 0.5) is 5.82 Å². The summed E-state index contributed by atoms with van der Waals surface area (Å²) in [7, 11) is 0. The molecule has 1 aromatic rings. The van der Waals surface area contributed by atoms with Gasteiger partial charge in [-0.2, -0.15) is 0 Å². The maximum Gasteiger partial charge on any atom is 0.136 e. The third kappa shape index (κ3) is 3.24. The molecule has 3 N–H and O–H groups in total. The van der Waals surface area contributed by atoms with Gasteiger partial charge in [0.05, 0.1) is 5.56 Å². The van der Waals surface area contributed by atoms with Gasteiger partial charge in [0.15, 0.2) is 0 Å². The van der Waals surface area contributed by atoms with Crippen molar-refractivity contribution in [2.45, 2.75) is 53.0 Å². The summed E-state index contributed by atoms with van der Waals surface area (Å²) in [4.78, 5) is 5.01. The van der Waals surface area contributed by atoms with Crippen molar-refractivity contribution in [2.24, 2.45) is 11.1 Å². The Morgan fingerprint density at radius 2 is 2.16 bits per heavy atom. The molecule has 1 saturated carbocycles. The van der Waals surface area contributed by atoms with Crippen LogP contribution in [-0.2, 0) is 0 Å². The predicted octanol–water partition coefficient (Wildman–Crippen LogP) is 3.32. The Balaban J connectivity index is 2.27. The van der Waals surface area contributed by atoms with Gasteiger partial charge < -0.3 is 11.1 Å². The number of hydrogen-bond acceptors (Lipinski definition) is 3. The van der Waals surface area contributed by atoms with Gasteiger partial charge in [-0.05, 0) is 50.2 Å². The van der Waals surface area contributed by atoms with Crippen LogP contribution in [-0.4, -0.2) is 16.0 Å². The second-order valence-corrected chi connectivity index (χ2v) is 6.86. The van der Waals surface area contributed by atoms with E-state index in [1.165, 1.54) is 19.3 Å². The molecule has 0 radical (unpaired) electrons. The lowest BCUT2D eigenvalue weighted by Gasteiger charge is -2.20. The summed E-state index contributed by atoms with van der Waals surface area (Å²) in [5, 5.41) is 3.55. The second kappa shape index (κ2) is 5.08. The zero-order chi connectivity index (χ0) is 14.2. The van der Waals surface area contributed by atoms with Gasteiger partial charge in [-0.1, -0.05) is 26.1 Å². The maximum absolute atomic E-state index is 5.84. The van der Waals surface area contributed by atoms with Gasteiger partial charge in [0.2, 0.25) is 0 Å². The van der Waals surface area contributed by atoms with Crippen LogP contribution in [0.1, 0.15) is 49.9 Å². The summed E-state index contributed by atoms with van der Waals surface area (Å²) in [5.74, 6) is 0.854. The third-order valence-electron chi connectivity index (χ3n) is 3.90. The molecule has 0 aliphatic heterocycles. The molecule has 0 saturated heterocycles. The largest absolute Gasteiger partial charge is 0.389 e. The molecular weight excluding hydrogens is 254 g/mol. The average Bonchev–Trinajstić information content (AvgIpc) is 2.56. The first-order valence-electron chi connectivity index (χ1n) is 6.83. The Morgan fingerprint density at radius 1 is 1.47 bits per heavy atom. The van der Waals surface area contributed by atoms with Crippen LogP contribution in [0.5, 0.6) is 0 Å². The summed E-state index contributed by atoms with van der Waals surface area (Å²) < 4.78 is 0. The van der Waals surface area contributed by atoms with Crippen LogP contribution in [0.15, 0.2) is 6.07 Å². The molecule has 0 bridgehead atoms. The summed E-state index contributed by atoms with van der Waals surface area (Å²) in [6, 6.07) is 2.50. The smallest absolute Gasteiger partial charge is 0.136 e. The van der Waals surface area contributed by atoms with Crippen molar-refractivity contribution in [3.63, 3.8) is 0 Å². The molecule has 104 valence electrons. The molecule has 0 amide bonds. The van der Waals surface area contributed by atoms with Crippen molar-refractivity contribution in [3.8, 4) is 0 Å². The van der Waals surface area contributed by atoms with Gasteiger partial charge in [-0.15, -0.1) is 0 Å². The molecule has 4 heteroatoms. The molecule has 1 aromatic heterocycles. The molecule has 1 heterocycles. The Labute approximate surface area is 121 Å². The Morgan fingerprint density at radius 3 is 2.68 bits per heavy atom. The highest BCUT2D eigenvalue weighted by molar-refractivity contribution is 7.80. The highest BCUT2D eigenvalue weighted by Crippen LogP contribution is 2.38. The molecule has 19 heavy (non-hydrogen) atoms. The molecular formula is C15H23N3S. The van der Waals surface area contributed by atoms with Gasteiger partial charge >= 0.3 is 0 Å². The number of pyridine rings is 1. The fraction of sp³-hybridized carbons (Fsp3) is 0.600. The topological polar surface area (TPSA) is 50.9 Å². The molecule has 0 aromatic carbocycles. The van der Waals surface area contributed by atoms with Crippen LogP contribution in [0, 0.1) is 19.3 Å². The number of hydrogen-bond donors (Lipinski definition) is 2. The second-order valence-electron chi connectivity index (χ2n) is 6.42. The minimum Gasteiger partial charge on any atom is -0.389 e. The van der Waals surface area contributed by atoms with Gasteiger partial charge in [-0.3, -0.25) is 0 Å². The molecule has 1 aliphatic rings. The number of nitrogens with zero attached hydrogens (tertiary/aromatic N) is 1. The molecule has 1 fully saturated rings. The summed E-state index contributed by atoms with van der Waals surface area (Å²) in [6.07, 6.45) is 3.59. The van der Waals surface area contributed by atoms with Gasteiger partial charge in [0.1, 0.15) is 10.8 Å². The van der Waals surface area contributed by atoms with E-state index in [9.17, 15) is 0 Å². The zero-order valence-electron chi connectivity index (χ0n) is 12.2. The van der Waals surface area contributed by atoms with E-state index in [4.69, 9.17) is 18.0 Å². The molecule has 0 spiro atoms. The van der Waals surface area contributed by atoms with E-state index in [1.54, 1.807) is 0 Å². The molecule has 2 rings (SSSR count). The van der Waals surface area contributed by atoms with Crippen LogP contribution in [0.2, 0.25) is 0 Å². The molecule has 1 atom stereocenters. The molecule has 3 nitrogen and oxygen atoms in total. The summed E-state index contributed by atoms with van der Waals surface area (Å²) in [6.45, 7) is 8.67. The fourth-order valence-corrected chi connectivity index (χ4v) is 3.26. The van der Waals surface area contributed by atoms with E-state index < -0.39 is 0 Å². The van der Waals surface area contributed by atoms with Crippen molar-refractivity contribution >= 4 is 23.0 Å². The number of nitrogens with two attached hydrogens (primary N) is 1. The van der Waals surface area contributed by atoms with E-state index >= 15 is 0 Å². The fourth-order valence-electron chi connectivity index (χ4n) is 3.00. The van der Waals surface area contributed by atoms with Crippen LogP contribution < -0.4 is 11.1 Å². The van der Waals surface area contributed by atoms with Crippen molar-refractivity contribution in [3.05, 3.63) is 22.9 Å². The maximum atomic E-state index is 5.84. The van der Waals surface area contributed by atoms with E-state index in [0.29, 0.717) is 16.4 Å². The van der Waals surface area contributed by atoms with Gasteiger partial charge in [0, 0.05) is 11.7 Å². The standard InChI is InChI=1S/C15H23N3S/c1-9-7-10(2)17-14(12(9)13(16)19)18-11-5-6-15(3,4)8-11/h7,11H,5-6,8H2,1-4H3,(H2,16,19)(H,17,18). The quantitative estimate of drug-likeness (QED) is 0.832. The van der Waals surface area contributed by atoms with E-state index in [1.807, 2.05) is 19.9 Å². The number of anilines is 1. The summed E-state index contributed by atoms with van der Waals surface area (Å²) >= 11 is 5.16. The van der Waals surface area contributed by atoms with Crippen LogP contribution in [0.3, 0.4) is 0 Å². The average molecular weight is 277 g/mol. The lowest BCUT2D eigenvalue weighted by molar-refractivity contribution is 0.378. The number of nitrogens with one attached hydrogen (secondary N) is 1. The van der Waals surface area contributed by atoms with Crippen molar-refractivity contribution < 1.29 is 0 Å². The Bertz CT molecular complexity index is 508. The monoisotopic (exact) mass is 277 g/mol. The zero-order valence-corrected chi connectivity index (χ0v) is 13.0. The first kappa shape index (κ1) is 14.3. The van der Waals surface area contributed by atoms with Crippen LogP contribution >= 0.6 is 12.2 Å².